The number of nitrogens with one attached hydrogen (secondary N) is 1. The molecule has 3 nitrogen and oxygen atoms in total. The van der Waals surface area contributed by atoms with Crippen LogP contribution in [0.15, 0.2) is 48.5 Å². The molecule has 1 aliphatic carbocycles. The van der Waals surface area contributed by atoms with E-state index in [1.165, 1.54) is 7.11 Å². The van der Waals surface area contributed by atoms with Gasteiger partial charge in [-0.05, 0) is 55.5 Å². The van der Waals surface area contributed by atoms with Crippen LogP contribution in [0.4, 0.5) is 4.39 Å². The zero-order valence-corrected chi connectivity index (χ0v) is 14.7. The number of aliphatic hydroxyl groups excluding tert-OH is 1. The lowest BCUT2D eigenvalue weighted by Crippen LogP contribution is -2.29. The summed E-state index contributed by atoms with van der Waals surface area (Å²) in [7, 11) is 1.47. The van der Waals surface area contributed by atoms with Gasteiger partial charge in [-0.3, -0.25) is 0 Å². The second-order valence-electron chi connectivity index (χ2n) is 6.92. The van der Waals surface area contributed by atoms with Gasteiger partial charge in [-0.25, -0.2) is 4.39 Å². The first-order valence-corrected chi connectivity index (χ1v) is 8.91. The molecule has 1 atom stereocenters. The lowest BCUT2D eigenvalue weighted by molar-refractivity contribution is 0.0920. The van der Waals surface area contributed by atoms with Crippen LogP contribution in [0.25, 0.3) is 0 Å². The van der Waals surface area contributed by atoms with E-state index in [0.717, 1.165) is 49.9 Å². The van der Waals surface area contributed by atoms with E-state index >= 15 is 0 Å². The standard InChI is InChI=1S/C21H26FNO2/c1-25-19-10-9-16(14-18(19)22)6-5-13-23-15-21(11-12-21)20(24)17-7-3-2-4-8-17/h2-4,7-10,14,20,23-24H,5-6,11-13,15H2,1H3/t20-/m1/s1. The first-order valence-electron chi connectivity index (χ1n) is 8.91. The molecule has 0 saturated heterocycles. The van der Waals surface area contributed by atoms with Crippen LogP contribution in [-0.2, 0) is 6.42 Å². The molecule has 2 aromatic rings. The van der Waals surface area contributed by atoms with E-state index in [1.54, 1.807) is 12.1 Å². The van der Waals surface area contributed by atoms with Gasteiger partial charge in [0.25, 0.3) is 0 Å². The number of halogens is 1. The summed E-state index contributed by atoms with van der Waals surface area (Å²) in [6, 6.07) is 15.0. The molecule has 0 aromatic heterocycles. The van der Waals surface area contributed by atoms with Crippen LogP contribution in [0.5, 0.6) is 5.75 Å². The smallest absolute Gasteiger partial charge is 0.165 e. The van der Waals surface area contributed by atoms with E-state index in [2.05, 4.69) is 5.32 Å². The van der Waals surface area contributed by atoms with E-state index in [4.69, 9.17) is 4.74 Å². The second-order valence-corrected chi connectivity index (χ2v) is 6.92. The topological polar surface area (TPSA) is 41.5 Å². The SMILES string of the molecule is COc1ccc(CCCNCC2([C@H](O)c3ccccc3)CC2)cc1F. The summed E-state index contributed by atoms with van der Waals surface area (Å²) < 4.78 is 18.6. The molecule has 0 amide bonds. The van der Waals surface area contributed by atoms with Gasteiger partial charge in [-0.15, -0.1) is 0 Å². The van der Waals surface area contributed by atoms with Crippen molar-refractivity contribution in [1.82, 2.24) is 5.32 Å². The Morgan fingerprint density at radius 3 is 2.60 bits per heavy atom. The first kappa shape index (κ1) is 17.9. The molecular formula is C21H26FNO2. The third-order valence-electron chi connectivity index (χ3n) is 5.10. The lowest BCUT2D eigenvalue weighted by Gasteiger charge is -2.23. The van der Waals surface area contributed by atoms with Gasteiger partial charge in [-0.1, -0.05) is 36.4 Å². The molecule has 0 unspecified atom stereocenters. The van der Waals surface area contributed by atoms with Crippen molar-refractivity contribution in [2.24, 2.45) is 5.41 Å². The van der Waals surface area contributed by atoms with Gasteiger partial charge in [0.2, 0.25) is 0 Å². The molecule has 0 radical (unpaired) electrons. The van der Waals surface area contributed by atoms with Gasteiger partial charge in [0.1, 0.15) is 0 Å². The van der Waals surface area contributed by atoms with Gasteiger partial charge in [-0.2, -0.15) is 0 Å². The van der Waals surface area contributed by atoms with E-state index < -0.39 is 6.10 Å². The Balaban J connectivity index is 1.42. The minimum absolute atomic E-state index is 0.0203. The van der Waals surface area contributed by atoms with Crippen LogP contribution in [0.1, 0.15) is 36.5 Å². The average molecular weight is 343 g/mol. The molecule has 0 heterocycles. The van der Waals surface area contributed by atoms with Crippen LogP contribution in [0, 0.1) is 11.2 Å². The summed E-state index contributed by atoms with van der Waals surface area (Å²) in [6.45, 7) is 1.68. The fraction of sp³-hybridized carbons (Fsp3) is 0.429. The van der Waals surface area contributed by atoms with Gasteiger partial charge < -0.3 is 15.2 Å². The molecule has 2 N–H and O–H groups in total. The third kappa shape index (κ3) is 4.39. The zero-order valence-electron chi connectivity index (χ0n) is 14.7. The Morgan fingerprint density at radius 1 is 1.20 bits per heavy atom. The first-order chi connectivity index (χ1) is 12.1. The highest BCUT2D eigenvalue weighted by Crippen LogP contribution is 2.54. The Bertz CT molecular complexity index is 686. The van der Waals surface area contributed by atoms with E-state index in [9.17, 15) is 9.50 Å². The zero-order chi connectivity index (χ0) is 17.7. The van der Waals surface area contributed by atoms with Crippen molar-refractivity contribution in [2.75, 3.05) is 20.2 Å². The van der Waals surface area contributed by atoms with Crippen molar-refractivity contribution in [3.8, 4) is 5.75 Å². The molecular weight excluding hydrogens is 317 g/mol. The minimum Gasteiger partial charge on any atom is -0.494 e. The fourth-order valence-electron chi connectivity index (χ4n) is 3.32. The molecule has 1 aliphatic rings. The second kappa shape index (κ2) is 7.98. The number of aliphatic hydroxyl groups is 1. The van der Waals surface area contributed by atoms with Crippen LogP contribution in [0.2, 0.25) is 0 Å². The maximum absolute atomic E-state index is 13.7. The summed E-state index contributed by atoms with van der Waals surface area (Å²) in [5, 5.41) is 14.1. The molecule has 4 heteroatoms. The molecule has 0 aliphatic heterocycles. The molecule has 2 aromatic carbocycles. The number of aryl methyl sites for hydroxylation is 1. The normalized spacial score (nSPS) is 16.4. The lowest BCUT2D eigenvalue weighted by atomic mass is 9.92. The largest absolute Gasteiger partial charge is 0.494 e. The van der Waals surface area contributed by atoms with Crippen LogP contribution in [0.3, 0.4) is 0 Å². The van der Waals surface area contributed by atoms with Crippen molar-refractivity contribution in [1.29, 1.82) is 0 Å². The predicted molar refractivity (Wildman–Crippen MR) is 97.2 cm³/mol. The molecule has 25 heavy (non-hydrogen) atoms. The monoisotopic (exact) mass is 343 g/mol. The summed E-state index contributed by atoms with van der Waals surface area (Å²) in [6.07, 6.45) is 3.46. The van der Waals surface area contributed by atoms with Crippen LogP contribution >= 0.6 is 0 Å². The number of rotatable bonds is 9. The van der Waals surface area contributed by atoms with Crippen molar-refractivity contribution in [3.63, 3.8) is 0 Å². The number of hydrogen-bond acceptors (Lipinski definition) is 3. The van der Waals surface area contributed by atoms with Crippen molar-refractivity contribution < 1.29 is 14.2 Å². The van der Waals surface area contributed by atoms with E-state index in [1.807, 2.05) is 36.4 Å². The number of benzene rings is 2. The Hall–Kier alpha value is -1.91. The van der Waals surface area contributed by atoms with Crippen molar-refractivity contribution >= 4 is 0 Å². The summed E-state index contributed by atoms with van der Waals surface area (Å²) in [5.41, 5.74) is 1.95. The Kier molecular flexibility index (Phi) is 5.71. The van der Waals surface area contributed by atoms with Gasteiger partial charge in [0.15, 0.2) is 11.6 Å². The van der Waals surface area contributed by atoms with Crippen molar-refractivity contribution in [2.45, 2.75) is 31.8 Å². The van der Waals surface area contributed by atoms with Crippen LogP contribution < -0.4 is 10.1 Å². The van der Waals surface area contributed by atoms with Crippen molar-refractivity contribution in [3.05, 3.63) is 65.5 Å². The van der Waals surface area contributed by atoms with E-state index in [0.29, 0.717) is 0 Å². The maximum atomic E-state index is 13.7. The molecule has 0 bridgehead atoms. The average Bonchev–Trinajstić information content (AvgIpc) is 3.43. The fourth-order valence-corrected chi connectivity index (χ4v) is 3.32. The number of methoxy groups -OCH3 is 1. The summed E-state index contributed by atoms with van der Waals surface area (Å²) in [5.74, 6) is -0.0247. The Morgan fingerprint density at radius 2 is 1.96 bits per heavy atom. The third-order valence-corrected chi connectivity index (χ3v) is 5.10. The molecule has 0 spiro atoms. The molecule has 134 valence electrons. The van der Waals surface area contributed by atoms with Crippen LogP contribution in [-0.4, -0.2) is 25.3 Å². The summed E-state index contributed by atoms with van der Waals surface area (Å²) in [4.78, 5) is 0. The van der Waals surface area contributed by atoms with Gasteiger partial charge in [0.05, 0.1) is 13.2 Å². The molecule has 1 saturated carbocycles. The highest BCUT2D eigenvalue weighted by atomic mass is 19.1. The molecule has 3 rings (SSSR count). The number of hydrogen-bond donors (Lipinski definition) is 2. The van der Waals surface area contributed by atoms with E-state index in [-0.39, 0.29) is 17.0 Å². The minimum atomic E-state index is -0.406. The Labute approximate surface area is 148 Å². The predicted octanol–water partition coefficient (Wildman–Crippen LogP) is 3.87. The highest BCUT2D eigenvalue weighted by molar-refractivity contribution is 5.29. The quantitative estimate of drug-likeness (QED) is 0.679. The highest BCUT2D eigenvalue weighted by Gasteiger charge is 2.48. The van der Waals surface area contributed by atoms with Gasteiger partial charge >= 0.3 is 0 Å². The number of ether oxygens (including phenoxy) is 1. The molecule has 1 fully saturated rings. The summed E-state index contributed by atoms with van der Waals surface area (Å²) >= 11 is 0. The maximum Gasteiger partial charge on any atom is 0.165 e. The van der Waals surface area contributed by atoms with Gasteiger partial charge in [0, 0.05) is 12.0 Å².